The third-order valence-corrected chi connectivity index (χ3v) is 10.7. The molecule has 1 nitrogen and oxygen atoms in total. The van der Waals surface area contributed by atoms with Gasteiger partial charge in [0.2, 0.25) is 0 Å². The van der Waals surface area contributed by atoms with E-state index in [4.69, 9.17) is 0 Å². The summed E-state index contributed by atoms with van der Waals surface area (Å²) in [7, 11) is -2.30. The van der Waals surface area contributed by atoms with Crippen molar-refractivity contribution in [2.45, 2.75) is 64.6 Å². The van der Waals surface area contributed by atoms with Crippen LogP contribution >= 0.6 is 0 Å². The first-order valence-electron chi connectivity index (χ1n) is 6.17. The molecule has 1 aliphatic carbocycles. The smallest absolute Gasteiger partial charge is 0.112 e. The average molecular weight is 242 g/mol. The first kappa shape index (κ1) is 13.2. The predicted octanol–water partition coefficient (Wildman–Crippen LogP) is 4.07. The first-order valence-corrected chi connectivity index (χ1v) is 13.1. The van der Waals surface area contributed by atoms with Crippen LogP contribution in [0.3, 0.4) is 0 Å². The van der Waals surface area contributed by atoms with Crippen molar-refractivity contribution in [2.24, 2.45) is 0 Å². The van der Waals surface area contributed by atoms with E-state index in [9.17, 15) is 0 Å². The van der Waals surface area contributed by atoms with Gasteiger partial charge in [0.05, 0.1) is 0 Å². The van der Waals surface area contributed by atoms with Gasteiger partial charge >= 0.3 is 0 Å². The van der Waals surface area contributed by atoms with Gasteiger partial charge in [-0.05, 0) is 19.3 Å². The Balaban J connectivity index is 2.86. The van der Waals surface area contributed by atoms with Crippen LogP contribution in [-0.4, -0.2) is 26.7 Å². The monoisotopic (exact) mass is 241 g/mol. The Morgan fingerprint density at radius 3 is 1.80 bits per heavy atom. The zero-order valence-electron chi connectivity index (χ0n) is 11.3. The molecule has 0 aliphatic heterocycles. The van der Waals surface area contributed by atoms with Gasteiger partial charge in [-0.2, -0.15) is 0 Å². The van der Waals surface area contributed by atoms with Crippen molar-refractivity contribution in [3.63, 3.8) is 0 Å². The molecule has 0 N–H and O–H groups in total. The summed E-state index contributed by atoms with van der Waals surface area (Å²) >= 11 is 0. The lowest BCUT2D eigenvalue weighted by atomic mass is 10.0. The minimum absolute atomic E-state index is 0.841. The van der Waals surface area contributed by atoms with Crippen molar-refractivity contribution >= 4 is 16.5 Å². The summed E-state index contributed by atoms with van der Waals surface area (Å²) in [6.45, 7) is 15.0. The maximum Gasteiger partial charge on any atom is 0.112 e. The molecule has 0 aromatic carbocycles. The third kappa shape index (κ3) is 3.57. The van der Waals surface area contributed by atoms with Crippen LogP contribution in [0.5, 0.6) is 0 Å². The normalized spacial score (nSPS) is 23.5. The van der Waals surface area contributed by atoms with E-state index in [2.05, 4.69) is 55.7 Å². The van der Waals surface area contributed by atoms with Crippen LogP contribution in [0.25, 0.3) is 0 Å². The highest BCUT2D eigenvalue weighted by Gasteiger charge is 2.38. The second-order valence-corrected chi connectivity index (χ2v) is 16.7. The summed E-state index contributed by atoms with van der Waals surface area (Å²) in [5.41, 5.74) is 0. The summed E-state index contributed by atoms with van der Waals surface area (Å²) in [6, 6.07) is 0.841. The number of hydrogen-bond acceptors (Lipinski definition) is 1. The molecule has 0 saturated carbocycles. The Kier molecular flexibility index (Phi) is 4.01. The molecule has 0 radical (unpaired) electrons. The summed E-state index contributed by atoms with van der Waals surface area (Å²) in [5, 5.41) is 0. The quantitative estimate of drug-likeness (QED) is 0.532. The van der Waals surface area contributed by atoms with Crippen molar-refractivity contribution in [1.29, 1.82) is 0 Å². The molecule has 0 amide bonds. The molecule has 1 unspecified atom stereocenters. The highest BCUT2D eigenvalue weighted by Crippen LogP contribution is 2.28. The third-order valence-electron chi connectivity index (χ3n) is 3.05. The van der Waals surface area contributed by atoms with Crippen molar-refractivity contribution in [3.05, 3.63) is 12.2 Å². The summed E-state index contributed by atoms with van der Waals surface area (Å²) in [4.78, 5) is 0. The van der Waals surface area contributed by atoms with Crippen molar-refractivity contribution < 1.29 is 0 Å². The van der Waals surface area contributed by atoms with Gasteiger partial charge in [-0.1, -0.05) is 51.4 Å². The fraction of sp³-hybridized carbons (Fsp3) is 0.833. The largest absolute Gasteiger partial charge is 0.343 e. The highest BCUT2D eigenvalue weighted by molar-refractivity contribution is 6.89. The molecule has 1 aliphatic rings. The minimum atomic E-state index is -1.15. The Morgan fingerprint density at radius 1 is 0.933 bits per heavy atom. The van der Waals surface area contributed by atoms with Gasteiger partial charge in [0, 0.05) is 6.04 Å². The van der Waals surface area contributed by atoms with Gasteiger partial charge in [0.25, 0.3) is 0 Å². The summed E-state index contributed by atoms with van der Waals surface area (Å²) < 4.78 is 2.96. The molecule has 0 aromatic rings. The van der Waals surface area contributed by atoms with Crippen molar-refractivity contribution in [2.75, 3.05) is 0 Å². The highest BCUT2D eigenvalue weighted by atomic mass is 28.4. The maximum absolute atomic E-state index is 2.96. The summed E-state index contributed by atoms with van der Waals surface area (Å²) in [5.74, 6) is 0. The van der Waals surface area contributed by atoms with Crippen molar-refractivity contribution in [3.8, 4) is 0 Å². The van der Waals surface area contributed by atoms with E-state index in [1.807, 2.05) is 0 Å². The standard InChI is InChI=1S/C12H27NSi2/c1-14(2,3)13(15(4,5)6)12-10-8-7-9-11-12/h7-8,12H,9-11H2,1-6H3. The van der Waals surface area contributed by atoms with E-state index in [0.717, 1.165) is 6.04 Å². The molecular formula is C12H27NSi2. The van der Waals surface area contributed by atoms with Crippen LogP contribution in [0.1, 0.15) is 19.3 Å². The summed E-state index contributed by atoms with van der Waals surface area (Å²) in [6.07, 6.45) is 8.69. The Hall–Kier alpha value is 0.134. The molecule has 88 valence electrons. The zero-order valence-corrected chi connectivity index (χ0v) is 13.3. The SMILES string of the molecule is C[Si](C)(C)N(C1CC=CCC1)[Si](C)(C)C. The lowest BCUT2D eigenvalue weighted by Gasteiger charge is -2.49. The zero-order chi connectivity index (χ0) is 11.7. The van der Waals surface area contributed by atoms with Gasteiger partial charge in [-0.15, -0.1) is 0 Å². The van der Waals surface area contributed by atoms with E-state index in [-0.39, 0.29) is 0 Å². The van der Waals surface area contributed by atoms with Crippen LogP contribution in [0.15, 0.2) is 12.2 Å². The Bertz CT molecular complexity index is 221. The van der Waals surface area contributed by atoms with Gasteiger partial charge in [0.15, 0.2) is 0 Å². The second kappa shape index (κ2) is 4.56. The molecule has 0 spiro atoms. The molecule has 15 heavy (non-hydrogen) atoms. The Labute approximate surface area is 97.7 Å². The average Bonchev–Trinajstić information content (AvgIpc) is 2.00. The van der Waals surface area contributed by atoms with Crippen molar-refractivity contribution in [1.82, 2.24) is 4.23 Å². The number of allylic oxidation sites excluding steroid dienone is 1. The van der Waals surface area contributed by atoms with Gasteiger partial charge < -0.3 is 4.23 Å². The molecule has 0 fully saturated rings. The van der Waals surface area contributed by atoms with Crippen LogP contribution in [0.2, 0.25) is 39.3 Å². The molecular weight excluding hydrogens is 214 g/mol. The molecule has 0 saturated heterocycles. The number of rotatable bonds is 3. The lowest BCUT2D eigenvalue weighted by molar-refractivity contribution is 0.407. The van der Waals surface area contributed by atoms with Gasteiger partial charge in [-0.3, -0.25) is 0 Å². The number of hydrogen-bond donors (Lipinski definition) is 0. The Morgan fingerprint density at radius 2 is 1.47 bits per heavy atom. The molecule has 1 atom stereocenters. The molecule has 0 heterocycles. The second-order valence-electron chi connectivity index (χ2n) is 6.65. The molecule has 3 heteroatoms. The van der Waals surface area contributed by atoms with Gasteiger partial charge in [0.1, 0.15) is 16.5 Å². The fourth-order valence-electron chi connectivity index (χ4n) is 3.11. The van der Waals surface area contributed by atoms with Gasteiger partial charge in [-0.25, -0.2) is 0 Å². The fourth-order valence-corrected chi connectivity index (χ4v) is 13.8. The van der Waals surface area contributed by atoms with Crippen LogP contribution in [0.4, 0.5) is 0 Å². The van der Waals surface area contributed by atoms with Crippen LogP contribution in [-0.2, 0) is 0 Å². The van der Waals surface area contributed by atoms with E-state index < -0.39 is 16.5 Å². The first-order chi connectivity index (χ1) is 6.73. The molecule has 0 aromatic heterocycles. The van der Waals surface area contributed by atoms with E-state index in [1.165, 1.54) is 19.3 Å². The van der Waals surface area contributed by atoms with E-state index in [0.29, 0.717) is 0 Å². The maximum atomic E-state index is 2.96. The topological polar surface area (TPSA) is 3.24 Å². The lowest BCUT2D eigenvalue weighted by Crippen LogP contribution is -2.63. The minimum Gasteiger partial charge on any atom is -0.343 e. The molecule has 1 rings (SSSR count). The molecule has 0 bridgehead atoms. The number of nitrogens with zero attached hydrogens (tertiary/aromatic N) is 1. The van der Waals surface area contributed by atoms with Crippen LogP contribution < -0.4 is 0 Å². The van der Waals surface area contributed by atoms with Crippen LogP contribution in [0, 0.1) is 0 Å². The van der Waals surface area contributed by atoms with E-state index in [1.54, 1.807) is 0 Å². The van der Waals surface area contributed by atoms with E-state index >= 15 is 0 Å². The predicted molar refractivity (Wildman–Crippen MR) is 75.3 cm³/mol.